The van der Waals surface area contributed by atoms with Crippen LogP contribution in [0.25, 0.3) is 16.5 Å². The van der Waals surface area contributed by atoms with E-state index in [0.29, 0.717) is 33.6 Å². The maximum Gasteiger partial charge on any atom is 0.243 e. The lowest BCUT2D eigenvalue weighted by Crippen LogP contribution is -2.21. The molecule has 10 nitrogen and oxygen atoms in total. The van der Waals surface area contributed by atoms with E-state index < -0.39 is 15.8 Å². The largest absolute Gasteiger partial charge is 0.494 e. The van der Waals surface area contributed by atoms with Gasteiger partial charge < -0.3 is 9.47 Å². The second-order valence-electron chi connectivity index (χ2n) is 7.78. The molecule has 0 spiro atoms. The molecule has 0 aliphatic carbocycles. The predicted molar refractivity (Wildman–Crippen MR) is 137 cm³/mol. The Morgan fingerprint density at radius 2 is 1.89 bits per heavy atom. The van der Waals surface area contributed by atoms with Crippen molar-refractivity contribution < 1.29 is 22.3 Å². The topological polar surface area (TPSA) is 132 Å². The van der Waals surface area contributed by atoms with Crippen LogP contribution in [0.2, 0.25) is 0 Å². The summed E-state index contributed by atoms with van der Waals surface area (Å²) in [6.07, 6.45) is 0.708. The van der Waals surface area contributed by atoms with Gasteiger partial charge in [0.15, 0.2) is 10.8 Å². The van der Waals surface area contributed by atoms with Gasteiger partial charge in [-0.05, 0) is 42.7 Å². The maximum absolute atomic E-state index is 13.5. The van der Waals surface area contributed by atoms with E-state index in [4.69, 9.17) is 9.47 Å². The molecule has 0 bridgehead atoms. The van der Waals surface area contributed by atoms with Gasteiger partial charge in [-0.15, -0.1) is 21.5 Å². The number of ether oxygens (including phenoxy) is 2. The Balaban J connectivity index is 1.76. The summed E-state index contributed by atoms with van der Waals surface area (Å²) >= 11 is 1.35. The summed E-state index contributed by atoms with van der Waals surface area (Å²) in [6, 6.07) is 10.7. The zero-order valence-electron chi connectivity index (χ0n) is 20.2. The molecule has 0 saturated carbocycles. The molecule has 0 atom stereocenters. The first-order chi connectivity index (χ1) is 17.8. The zero-order valence-corrected chi connectivity index (χ0v) is 21.9. The molecule has 2 aromatic heterocycles. The van der Waals surface area contributed by atoms with Crippen molar-refractivity contribution in [3.05, 3.63) is 64.4 Å². The minimum Gasteiger partial charge on any atom is -0.494 e. The molecule has 0 unspecified atom stereocenters. The molecular weight excluding hydrogens is 519 g/mol. The van der Waals surface area contributed by atoms with Crippen LogP contribution < -0.4 is 14.2 Å². The van der Waals surface area contributed by atoms with Crippen molar-refractivity contribution in [2.75, 3.05) is 24.7 Å². The highest BCUT2D eigenvalue weighted by atomic mass is 32.2. The van der Waals surface area contributed by atoms with Gasteiger partial charge in [-0.3, -0.25) is 9.29 Å². The van der Waals surface area contributed by atoms with E-state index in [9.17, 15) is 18.1 Å². The molecule has 192 valence electrons. The van der Waals surface area contributed by atoms with Crippen molar-refractivity contribution in [2.24, 2.45) is 0 Å². The van der Waals surface area contributed by atoms with Crippen LogP contribution in [0.1, 0.15) is 23.7 Å². The monoisotopic (exact) mass is 542 g/mol. The van der Waals surface area contributed by atoms with Gasteiger partial charge in [0.1, 0.15) is 23.0 Å². The average Bonchev–Trinajstić information content (AvgIpc) is 3.53. The molecule has 0 radical (unpaired) electrons. The van der Waals surface area contributed by atoms with Crippen LogP contribution in [-0.4, -0.2) is 48.1 Å². The fourth-order valence-corrected chi connectivity index (χ4v) is 5.51. The molecule has 0 fully saturated rings. The first-order valence-electron chi connectivity index (χ1n) is 11.1. The maximum atomic E-state index is 13.5. The quantitative estimate of drug-likeness (QED) is 0.318. The van der Waals surface area contributed by atoms with Crippen molar-refractivity contribution in [1.82, 2.24) is 19.7 Å². The third kappa shape index (κ3) is 5.55. The highest BCUT2D eigenvalue weighted by molar-refractivity contribution is 7.92. The Kier molecular flexibility index (Phi) is 7.70. The third-order valence-electron chi connectivity index (χ3n) is 5.47. The first kappa shape index (κ1) is 26.1. The molecular formula is C24H23FN6O4S2. The van der Waals surface area contributed by atoms with Gasteiger partial charge in [0.05, 0.1) is 37.3 Å². The number of nitriles is 1. The molecule has 4 aromatic rings. The highest BCUT2D eigenvalue weighted by Gasteiger charge is 2.26. The number of aryl methyl sites for hydroxylation is 2. The van der Waals surface area contributed by atoms with Gasteiger partial charge in [-0.2, -0.15) is 5.26 Å². The summed E-state index contributed by atoms with van der Waals surface area (Å²) in [5.41, 5.74) is 1.74. The van der Waals surface area contributed by atoms with Crippen molar-refractivity contribution in [2.45, 2.75) is 19.8 Å². The van der Waals surface area contributed by atoms with Crippen LogP contribution in [0.5, 0.6) is 11.5 Å². The van der Waals surface area contributed by atoms with Crippen LogP contribution in [0, 0.1) is 17.1 Å². The number of nitrogens with zero attached hydrogens (tertiary/aromatic N) is 5. The van der Waals surface area contributed by atoms with Gasteiger partial charge in [-0.25, -0.2) is 17.8 Å². The van der Waals surface area contributed by atoms with E-state index in [0.717, 1.165) is 18.2 Å². The van der Waals surface area contributed by atoms with Crippen molar-refractivity contribution in [1.29, 1.82) is 5.26 Å². The molecule has 0 saturated heterocycles. The van der Waals surface area contributed by atoms with Crippen LogP contribution >= 0.6 is 11.3 Å². The first-order valence-corrected chi connectivity index (χ1v) is 13.6. The van der Waals surface area contributed by atoms with E-state index in [-0.39, 0.29) is 23.7 Å². The Labute approximate surface area is 217 Å². The predicted octanol–water partition coefficient (Wildman–Crippen LogP) is 3.97. The Bertz CT molecular complexity index is 1550. The Hall–Kier alpha value is -4.02. The minimum atomic E-state index is -3.98. The summed E-state index contributed by atoms with van der Waals surface area (Å²) in [7, 11) is -1.01. The summed E-state index contributed by atoms with van der Waals surface area (Å²) in [5.74, 6) is 0.0638. The lowest BCUT2D eigenvalue weighted by Gasteiger charge is -2.17. The van der Waals surface area contributed by atoms with Crippen LogP contribution in [0.3, 0.4) is 0 Å². The summed E-state index contributed by atoms with van der Waals surface area (Å²) < 4.78 is 54.7. The normalized spacial score (nSPS) is 11.2. The molecule has 13 heteroatoms. The number of sulfonamides is 1. The van der Waals surface area contributed by atoms with Crippen LogP contribution in [-0.2, 0) is 22.9 Å². The average molecular weight is 543 g/mol. The summed E-state index contributed by atoms with van der Waals surface area (Å²) in [4.78, 5) is 4.58. The lowest BCUT2D eigenvalue weighted by atomic mass is 10.1. The standard InChI is InChI=1S/C24H23FN6O4S2/c1-4-18-14-36-23(27-18)22-28-29-24(31(22)21-19(34-2)6-5-7-20(21)35-3)30-37(32,33)11-10-15-8-9-17(25)12-16(15)13-26/h5-9,12,14H,4,10-11H2,1-3H3,(H,29,30). The van der Waals surface area contributed by atoms with Gasteiger partial charge >= 0.3 is 0 Å². The minimum absolute atomic E-state index is 0.0101. The molecule has 1 N–H and O–H groups in total. The van der Waals surface area contributed by atoms with Gasteiger partial charge in [0, 0.05) is 5.38 Å². The molecule has 37 heavy (non-hydrogen) atoms. The van der Waals surface area contributed by atoms with E-state index >= 15 is 0 Å². The van der Waals surface area contributed by atoms with Gasteiger partial charge in [0.2, 0.25) is 16.0 Å². The fourth-order valence-electron chi connectivity index (χ4n) is 3.63. The number of rotatable bonds is 10. The van der Waals surface area contributed by atoms with E-state index in [1.165, 1.54) is 42.3 Å². The number of hydrogen-bond acceptors (Lipinski definition) is 9. The third-order valence-corrected chi connectivity index (χ3v) is 7.60. The number of thiazole rings is 1. The molecule has 2 heterocycles. The molecule has 0 aliphatic rings. The number of para-hydroxylation sites is 1. The highest BCUT2D eigenvalue weighted by Crippen LogP contribution is 2.38. The SMILES string of the molecule is CCc1csc(-c2nnc(NS(=O)(=O)CCc3ccc(F)cc3C#N)n2-c2c(OC)cccc2OC)n1. The summed E-state index contributed by atoms with van der Waals surface area (Å²) in [6.45, 7) is 1.98. The molecule has 0 aliphatic heterocycles. The van der Waals surface area contributed by atoms with Crippen molar-refractivity contribution in [3.63, 3.8) is 0 Å². The van der Waals surface area contributed by atoms with E-state index in [2.05, 4.69) is 19.9 Å². The van der Waals surface area contributed by atoms with Crippen molar-refractivity contribution >= 4 is 27.3 Å². The Morgan fingerprint density at radius 3 is 2.51 bits per heavy atom. The van der Waals surface area contributed by atoms with E-state index in [1.54, 1.807) is 18.2 Å². The number of methoxy groups -OCH3 is 2. The van der Waals surface area contributed by atoms with Crippen LogP contribution in [0.15, 0.2) is 41.8 Å². The number of anilines is 1. The number of halogens is 1. The fraction of sp³-hybridized carbons (Fsp3) is 0.250. The number of hydrogen-bond donors (Lipinski definition) is 1. The van der Waals surface area contributed by atoms with Crippen molar-refractivity contribution in [3.8, 4) is 34.1 Å². The number of nitrogens with one attached hydrogen (secondary N) is 1. The van der Waals surface area contributed by atoms with E-state index in [1.807, 2.05) is 18.4 Å². The molecule has 0 amide bonds. The van der Waals surface area contributed by atoms with Gasteiger partial charge in [0.25, 0.3) is 0 Å². The second kappa shape index (κ2) is 10.9. The molecule has 2 aromatic carbocycles. The molecule has 4 rings (SSSR count). The number of benzene rings is 2. The second-order valence-corrected chi connectivity index (χ2v) is 10.5. The zero-order chi connectivity index (χ0) is 26.6. The smallest absolute Gasteiger partial charge is 0.243 e. The number of aromatic nitrogens is 4. The summed E-state index contributed by atoms with van der Waals surface area (Å²) in [5, 5.41) is 20.1. The van der Waals surface area contributed by atoms with Crippen LogP contribution in [0.4, 0.5) is 10.3 Å². The van der Waals surface area contributed by atoms with Gasteiger partial charge in [-0.1, -0.05) is 19.1 Å². The lowest BCUT2D eigenvalue weighted by molar-refractivity contribution is 0.391. The Morgan fingerprint density at radius 1 is 1.16 bits per heavy atom.